The minimum atomic E-state index is -1.97. The van der Waals surface area contributed by atoms with Crippen molar-refractivity contribution in [2.45, 2.75) is 6.04 Å². The van der Waals surface area contributed by atoms with Gasteiger partial charge in [-0.15, -0.1) is 0 Å². The van der Waals surface area contributed by atoms with E-state index in [1.807, 2.05) is 0 Å². The summed E-state index contributed by atoms with van der Waals surface area (Å²) in [7, 11) is 0. The number of nitrogens with zero attached hydrogens (tertiary/aromatic N) is 1. The average Bonchev–Trinajstić information content (AvgIpc) is 2.75. The monoisotopic (exact) mass is 413 g/mol. The maximum atomic E-state index is 12.2. The molecular weight excluding hydrogens is 398 g/mol. The number of anilines is 1. The maximum Gasteiger partial charge on any atom is 1.00 e. The van der Waals surface area contributed by atoms with E-state index < -0.39 is 48.1 Å². The standard InChI is InChI=1S/C16H11ClN2O3.2K.H2O/c17-10-6-7-12-11(8-10)13(9-4-2-1-3-5-9)19-14(16(21)22)15(20)18-12;;;/h1-8,14H,(H,18,20)(H,21,22);;;1H2/q;2*+1;/p-2/i1D,2D,3D,4D,5D;;;. The second-order valence-corrected chi connectivity index (χ2v) is 4.81. The Hall–Kier alpha value is 0.573. The summed E-state index contributed by atoms with van der Waals surface area (Å²) in [6.07, 6.45) is 0. The van der Waals surface area contributed by atoms with E-state index in [9.17, 15) is 14.7 Å². The largest absolute Gasteiger partial charge is 1.00 e. The van der Waals surface area contributed by atoms with E-state index in [0.29, 0.717) is 0 Å². The molecule has 1 heterocycles. The number of rotatable bonds is 2. The van der Waals surface area contributed by atoms with Gasteiger partial charge in [-0.05, 0) is 18.2 Å². The Morgan fingerprint density at radius 3 is 2.48 bits per heavy atom. The molecule has 1 unspecified atom stereocenters. The zero-order valence-corrected chi connectivity index (χ0v) is 20.3. The molecule has 6 nitrogen and oxygen atoms in total. The molecule has 118 valence electrons. The van der Waals surface area contributed by atoms with E-state index in [1.165, 1.54) is 18.2 Å². The average molecular weight is 414 g/mol. The molecule has 0 saturated heterocycles. The Labute approximate surface area is 241 Å². The van der Waals surface area contributed by atoms with Gasteiger partial charge in [0.25, 0.3) is 5.91 Å². The van der Waals surface area contributed by atoms with Gasteiger partial charge in [-0.2, -0.15) is 0 Å². The summed E-state index contributed by atoms with van der Waals surface area (Å²) in [5.74, 6) is -2.78. The molecule has 1 atom stereocenters. The molecule has 1 aliphatic rings. The van der Waals surface area contributed by atoms with Crippen LogP contribution in [-0.2, 0) is 9.59 Å². The van der Waals surface area contributed by atoms with Crippen LogP contribution in [0.1, 0.15) is 18.0 Å². The van der Waals surface area contributed by atoms with Crippen molar-refractivity contribution in [3.63, 3.8) is 0 Å². The fourth-order valence-electron chi connectivity index (χ4n) is 2.01. The molecule has 1 amide bonds. The number of amides is 1. The van der Waals surface area contributed by atoms with Crippen LogP contribution in [0.2, 0.25) is 5.02 Å². The van der Waals surface area contributed by atoms with Gasteiger partial charge in [0.2, 0.25) is 0 Å². The smallest absolute Gasteiger partial charge is 0.870 e. The molecule has 2 N–H and O–H groups in total. The summed E-state index contributed by atoms with van der Waals surface area (Å²) in [5, 5.41) is 14.0. The third kappa shape index (κ3) is 6.03. The van der Waals surface area contributed by atoms with Gasteiger partial charge in [0.1, 0.15) is 0 Å². The van der Waals surface area contributed by atoms with Gasteiger partial charge in [0.15, 0.2) is 6.04 Å². The van der Waals surface area contributed by atoms with Crippen LogP contribution in [0.4, 0.5) is 5.69 Å². The summed E-state index contributed by atoms with van der Waals surface area (Å²) < 4.78 is 39.5. The molecule has 9 heteroatoms. The van der Waals surface area contributed by atoms with E-state index >= 15 is 0 Å². The minimum Gasteiger partial charge on any atom is -0.870 e. The molecule has 25 heavy (non-hydrogen) atoms. The Balaban J connectivity index is 0.00000280. The first-order chi connectivity index (χ1) is 12.6. The molecule has 0 aliphatic carbocycles. The fraction of sp³-hybridized carbons (Fsp3) is 0.0625. The number of benzene rings is 2. The van der Waals surface area contributed by atoms with Crippen LogP contribution in [0.3, 0.4) is 0 Å². The number of carboxylic acid groups (broad SMARTS) is 1. The molecule has 1 aliphatic heterocycles. The second-order valence-electron chi connectivity index (χ2n) is 4.38. The second kappa shape index (κ2) is 11.4. The van der Waals surface area contributed by atoms with E-state index in [2.05, 4.69) is 10.3 Å². The van der Waals surface area contributed by atoms with Gasteiger partial charge in [-0.3, -0.25) is 9.79 Å². The number of hydrogen-bond donors (Lipinski definition) is 1. The van der Waals surface area contributed by atoms with Crippen molar-refractivity contribution in [2.75, 3.05) is 5.32 Å². The fourth-order valence-corrected chi connectivity index (χ4v) is 2.18. The van der Waals surface area contributed by atoms with Crippen molar-refractivity contribution in [2.24, 2.45) is 4.99 Å². The van der Waals surface area contributed by atoms with Crippen molar-refractivity contribution < 1.29 is 130 Å². The number of carbonyl (C=O) groups is 2. The quantitative estimate of drug-likeness (QED) is 0.393. The first kappa shape index (κ1) is 17.7. The topological polar surface area (TPSA) is 112 Å². The third-order valence-electron chi connectivity index (χ3n) is 2.96. The summed E-state index contributed by atoms with van der Waals surface area (Å²) >= 11 is 5.99. The third-order valence-corrected chi connectivity index (χ3v) is 3.20. The molecule has 0 spiro atoms. The van der Waals surface area contributed by atoms with Crippen molar-refractivity contribution in [3.05, 3.63) is 64.6 Å². The van der Waals surface area contributed by atoms with E-state index in [1.54, 1.807) is 0 Å². The normalized spacial score (nSPS) is 17.8. The van der Waals surface area contributed by atoms with Crippen LogP contribution in [-0.4, -0.2) is 29.1 Å². The van der Waals surface area contributed by atoms with Crippen LogP contribution in [0.25, 0.3) is 0 Å². The predicted molar refractivity (Wildman–Crippen MR) is 82.9 cm³/mol. The molecule has 0 saturated carbocycles. The number of fused-ring (bicyclic) bond motifs is 1. The number of aliphatic imine (C=N–C) groups is 1. The van der Waals surface area contributed by atoms with Crippen molar-refractivity contribution >= 4 is 34.9 Å². The summed E-state index contributed by atoms with van der Waals surface area (Å²) in [6.45, 7) is 0. The van der Waals surface area contributed by atoms with Crippen LogP contribution in [0.15, 0.2) is 53.4 Å². The molecule has 0 aromatic heterocycles. The first-order valence-corrected chi connectivity index (χ1v) is 6.48. The molecule has 0 fully saturated rings. The minimum absolute atomic E-state index is 0. The molecule has 3 rings (SSSR count). The Bertz CT molecular complexity index is 1030. The van der Waals surface area contributed by atoms with E-state index in [0.717, 1.165) is 0 Å². The van der Waals surface area contributed by atoms with Crippen LogP contribution >= 0.6 is 11.6 Å². The zero-order chi connectivity index (χ0) is 20.0. The van der Waals surface area contributed by atoms with E-state index in [4.69, 9.17) is 18.5 Å². The Morgan fingerprint density at radius 1 is 1.24 bits per heavy atom. The SMILES string of the molecule is [2H]c1c([2H])c([2H])c(C2=NC(C(=O)[O-])C(=O)Nc3ccc(Cl)cc32)c([2H])c1[2H].[K+].[K+].[OH-]. The maximum absolute atomic E-state index is 12.2. The number of carboxylic acids is 1. The van der Waals surface area contributed by atoms with Gasteiger partial charge < -0.3 is 20.7 Å². The molecule has 0 radical (unpaired) electrons. The zero-order valence-electron chi connectivity index (χ0n) is 18.3. The predicted octanol–water partition coefficient (Wildman–Crippen LogP) is -4.92. The number of halogens is 1. The molecular formula is C16H11ClK2N2O4. The molecule has 2 aromatic carbocycles. The number of benzodiazepines with no additional fused rings is 1. The van der Waals surface area contributed by atoms with Crippen molar-refractivity contribution in [1.29, 1.82) is 0 Å². The van der Waals surface area contributed by atoms with Crippen molar-refractivity contribution in [3.8, 4) is 0 Å². The van der Waals surface area contributed by atoms with Crippen molar-refractivity contribution in [1.82, 2.24) is 0 Å². The Morgan fingerprint density at radius 2 is 1.88 bits per heavy atom. The molecule has 2 aromatic rings. The van der Waals surface area contributed by atoms with Crippen LogP contribution in [0.5, 0.6) is 0 Å². The van der Waals surface area contributed by atoms with Gasteiger partial charge in [0, 0.05) is 16.1 Å². The van der Waals surface area contributed by atoms with Gasteiger partial charge >= 0.3 is 103 Å². The number of nitrogens with one attached hydrogen (secondary N) is 1. The van der Waals surface area contributed by atoms with Gasteiger partial charge in [-0.1, -0.05) is 41.8 Å². The van der Waals surface area contributed by atoms with Crippen LogP contribution in [0, 0.1) is 0 Å². The number of carbonyl (C=O) groups excluding carboxylic acids is 2. The summed E-state index contributed by atoms with van der Waals surface area (Å²) in [6, 6.07) is -0.790. The van der Waals surface area contributed by atoms with Crippen LogP contribution < -0.4 is 113 Å². The number of aliphatic carboxylic acids is 1. The molecule has 0 bridgehead atoms. The first-order valence-electron chi connectivity index (χ1n) is 8.60. The number of hydrogen-bond acceptors (Lipinski definition) is 5. The Kier molecular flexibility index (Phi) is 8.07. The summed E-state index contributed by atoms with van der Waals surface area (Å²) in [5.41, 5.74) is -0.346. The van der Waals surface area contributed by atoms with Gasteiger partial charge in [-0.25, -0.2) is 0 Å². The van der Waals surface area contributed by atoms with Gasteiger partial charge in [0.05, 0.1) is 24.2 Å². The summed E-state index contributed by atoms with van der Waals surface area (Å²) in [4.78, 5) is 27.4. The van der Waals surface area contributed by atoms with E-state index in [-0.39, 0.29) is 136 Å².